The van der Waals surface area contributed by atoms with Gasteiger partial charge in [0.15, 0.2) is 0 Å². The first-order valence-corrected chi connectivity index (χ1v) is 10.6. The van der Waals surface area contributed by atoms with Crippen molar-refractivity contribution in [2.24, 2.45) is 0 Å². The van der Waals surface area contributed by atoms with Gasteiger partial charge in [0.25, 0.3) is 11.8 Å². The van der Waals surface area contributed by atoms with Crippen molar-refractivity contribution < 1.29 is 9.59 Å². The van der Waals surface area contributed by atoms with Gasteiger partial charge in [0.05, 0.1) is 0 Å². The average molecular weight is 440 g/mol. The first-order chi connectivity index (χ1) is 14.4. The molecule has 5 nitrogen and oxygen atoms in total. The zero-order valence-corrected chi connectivity index (χ0v) is 18.3. The van der Waals surface area contributed by atoms with E-state index in [4.69, 9.17) is 11.6 Å². The van der Waals surface area contributed by atoms with Gasteiger partial charge >= 0.3 is 0 Å². The molecule has 3 rings (SSSR count). The second-order valence-electron chi connectivity index (χ2n) is 6.79. The molecule has 0 spiro atoms. The monoisotopic (exact) mass is 439 g/mol. The number of rotatable bonds is 6. The Morgan fingerprint density at radius 3 is 2.13 bits per heavy atom. The number of amides is 2. The van der Waals surface area contributed by atoms with Gasteiger partial charge < -0.3 is 4.90 Å². The van der Waals surface area contributed by atoms with E-state index in [1.165, 1.54) is 0 Å². The van der Waals surface area contributed by atoms with Crippen LogP contribution < -0.4 is 15.8 Å². The highest BCUT2D eigenvalue weighted by Crippen LogP contribution is 2.24. The molecule has 0 bridgehead atoms. The summed E-state index contributed by atoms with van der Waals surface area (Å²) >= 11 is 7.59. The molecular weight excluding hydrogens is 418 g/mol. The third-order valence-corrected chi connectivity index (χ3v) is 5.68. The maximum absolute atomic E-state index is 12.3. The highest BCUT2D eigenvalue weighted by atomic mass is 35.5. The van der Waals surface area contributed by atoms with Crippen molar-refractivity contribution in [1.82, 2.24) is 10.9 Å². The van der Waals surface area contributed by atoms with Crippen LogP contribution in [0.3, 0.4) is 0 Å². The quantitative estimate of drug-likeness (QED) is 0.429. The van der Waals surface area contributed by atoms with Crippen molar-refractivity contribution in [1.29, 1.82) is 0 Å². The van der Waals surface area contributed by atoms with E-state index in [0.29, 0.717) is 16.1 Å². The summed E-state index contributed by atoms with van der Waals surface area (Å²) in [6.45, 7) is 0. The van der Waals surface area contributed by atoms with E-state index in [1.807, 2.05) is 61.5 Å². The lowest BCUT2D eigenvalue weighted by Gasteiger charge is -2.13. The van der Waals surface area contributed by atoms with Crippen LogP contribution in [0.25, 0.3) is 0 Å². The Bertz CT molecular complexity index is 1020. The minimum atomic E-state index is -0.372. The van der Waals surface area contributed by atoms with Crippen LogP contribution in [-0.2, 0) is 5.75 Å². The summed E-state index contributed by atoms with van der Waals surface area (Å²) < 4.78 is 0. The number of halogens is 1. The molecule has 0 atom stereocenters. The minimum absolute atomic E-state index is 0.371. The molecule has 0 aliphatic rings. The Morgan fingerprint density at radius 1 is 0.867 bits per heavy atom. The maximum atomic E-state index is 12.3. The fraction of sp³-hybridized carbons (Fsp3) is 0.130. The van der Waals surface area contributed by atoms with Crippen LogP contribution in [0, 0.1) is 0 Å². The van der Waals surface area contributed by atoms with Crippen molar-refractivity contribution in [3.05, 3.63) is 94.5 Å². The molecule has 2 N–H and O–H groups in total. The van der Waals surface area contributed by atoms with Gasteiger partial charge in [0.1, 0.15) is 0 Å². The van der Waals surface area contributed by atoms with E-state index in [0.717, 1.165) is 21.9 Å². The van der Waals surface area contributed by atoms with E-state index >= 15 is 0 Å². The average Bonchev–Trinajstić information content (AvgIpc) is 2.77. The Morgan fingerprint density at radius 2 is 1.50 bits per heavy atom. The number of nitrogens with one attached hydrogen (secondary N) is 2. The fourth-order valence-electron chi connectivity index (χ4n) is 2.63. The Hall–Kier alpha value is -2.96. The zero-order valence-electron chi connectivity index (χ0n) is 16.7. The summed E-state index contributed by atoms with van der Waals surface area (Å²) in [7, 11) is 3.80. The number of anilines is 1. The Labute approximate surface area is 185 Å². The van der Waals surface area contributed by atoms with E-state index < -0.39 is 0 Å². The van der Waals surface area contributed by atoms with Crippen LogP contribution in [0.2, 0.25) is 5.02 Å². The molecule has 30 heavy (non-hydrogen) atoms. The number of hydrazine groups is 1. The first kappa shape index (κ1) is 21.7. The third kappa shape index (κ3) is 6.02. The van der Waals surface area contributed by atoms with Crippen LogP contribution in [0.4, 0.5) is 5.69 Å². The smallest absolute Gasteiger partial charge is 0.269 e. The van der Waals surface area contributed by atoms with Gasteiger partial charge in [-0.25, -0.2) is 0 Å². The Kier molecular flexibility index (Phi) is 7.38. The van der Waals surface area contributed by atoms with Gasteiger partial charge in [-0.05, 0) is 60.2 Å². The molecule has 0 aromatic heterocycles. The summed E-state index contributed by atoms with van der Waals surface area (Å²) in [5.41, 5.74) is 7.85. The molecule has 0 heterocycles. The molecule has 0 saturated carbocycles. The largest absolute Gasteiger partial charge is 0.378 e. The van der Waals surface area contributed by atoms with Gasteiger partial charge in [-0.3, -0.25) is 20.4 Å². The minimum Gasteiger partial charge on any atom is -0.378 e. The fourth-order valence-corrected chi connectivity index (χ4v) is 3.61. The molecule has 2 amide bonds. The van der Waals surface area contributed by atoms with E-state index in [9.17, 15) is 9.59 Å². The number of thioether (sulfide) groups is 1. The molecule has 0 aliphatic carbocycles. The van der Waals surface area contributed by atoms with Gasteiger partial charge in [-0.2, -0.15) is 0 Å². The van der Waals surface area contributed by atoms with Gasteiger partial charge in [-0.15, -0.1) is 11.8 Å². The van der Waals surface area contributed by atoms with Gasteiger partial charge in [0, 0.05) is 46.6 Å². The highest BCUT2D eigenvalue weighted by molar-refractivity contribution is 7.98. The predicted molar refractivity (Wildman–Crippen MR) is 123 cm³/mol. The molecule has 0 fully saturated rings. The van der Waals surface area contributed by atoms with E-state index in [-0.39, 0.29) is 11.8 Å². The summed E-state index contributed by atoms with van der Waals surface area (Å²) in [5, 5.41) is 0.715. The lowest BCUT2D eigenvalue weighted by Crippen LogP contribution is -2.41. The first-order valence-electron chi connectivity index (χ1n) is 9.28. The van der Waals surface area contributed by atoms with Crippen LogP contribution >= 0.6 is 23.4 Å². The molecule has 0 radical (unpaired) electrons. The molecule has 0 aliphatic heterocycles. The number of nitrogens with zero attached hydrogens (tertiary/aromatic N) is 1. The zero-order chi connectivity index (χ0) is 21.5. The van der Waals surface area contributed by atoms with Crippen LogP contribution in [0.5, 0.6) is 0 Å². The molecule has 7 heteroatoms. The lowest BCUT2D eigenvalue weighted by atomic mass is 10.1. The van der Waals surface area contributed by atoms with Crippen LogP contribution in [-0.4, -0.2) is 25.9 Å². The van der Waals surface area contributed by atoms with Crippen molar-refractivity contribution in [3.63, 3.8) is 0 Å². The van der Waals surface area contributed by atoms with Gasteiger partial charge in [0.2, 0.25) is 0 Å². The number of hydrogen-bond acceptors (Lipinski definition) is 4. The molecule has 154 valence electrons. The summed E-state index contributed by atoms with van der Waals surface area (Å²) in [5.74, 6) is 0.0368. The highest BCUT2D eigenvalue weighted by Gasteiger charge is 2.10. The van der Waals surface area contributed by atoms with Crippen LogP contribution in [0.15, 0.2) is 77.7 Å². The predicted octanol–water partition coefficient (Wildman–Crippen LogP) is 4.77. The van der Waals surface area contributed by atoms with Crippen molar-refractivity contribution in [2.75, 3.05) is 19.0 Å². The molecular formula is C23H22ClN3O2S. The molecule has 3 aromatic carbocycles. The second kappa shape index (κ2) is 10.2. The third-order valence-electron chi connectivity index (χ3n) is 4.35. The number of hydrogen-bond donors (Lipinski definition) is 2. The second-order valence-corrected chi connectivity index (χ2v) is 8.28. The molecule has 3 aromatic rings. The summed E-state index contributed by atoms with van der Waals surface area (Å²) in [4.78, 5) is 27.7. The van der Waals surface area contributed by atoms with Gasteiger partial charge in [-0.1, -0.05) is 29.8 Å². The number of carbonyl (C=O) groups is 2. The molecule has 0 unspecified atom stereocenters. The van der Waals surface area contributed by atoms with Crippen molar-refractivity contribution in [2.45, 2.75) is 10.6 Å². The standard InChI is InChI=1S/C23H22ClN3O2S/c1-27(2)20-5-3-4-18(14-20)23(29)26-25-22(28)17-8-6-16(7-9-17)15-30-21-12-10-19(24)11-13-21/h3-14H,15H2,1-2H3,(H,25,28)(H,26,29). The molecule has 0 saturated heterocycles. The number of carbonyl (C=O) groups excluding carboxylic acids is 2. The summed E-state index contributed by atoms with van der Waals surface area (Å²) in [6.07, 6.45) is 0. The SMILES string of the molecule is CN(C)c1cccc(C(=O)NNC(=O)c2ccc(CSc3ccc(Cl)cc3)cc2)c1. The maximum Gasteiger partial charge on any atom is 0.269 e. The van der Waals surface area contributed by atoms with Crippen LogP contribution in [0.1, 0.15) is 26.3 Å². The summed E-state index contributed by atoms with van der Waals surface area (Å²) in [6, 6.07) is 22.1. The van der Waals surface area contributed by atoms with Crippen molar-refractivity contribution in [3.8, 4) is 0 Å². The van der Waals surface area contributed by atoms with E-state index in [1.54, 1.807) is 42.1 Å². The lowest BCUT2D eigenvalue weighted by molar-refractivity contribution is 0.0846. The topological polar surface area (TPSA) is 61.4 Å². The normalized spacial score (nSPS) is 10.4. The number of benzene rings is 3. The Balaban J connectivity index is 1.52. The van der Waals surface area contributed by atoms with E-state index in [2.05, 4.69) is 10.9 Å². The van der Waals surface area contributed by atoms with Crippen molar-refractivity contribution >= 4 is 40.9 Å².